The summed E-state index contributed by atoms with van der Waals surface area (Å²) in [5.41, 5.74) is 0.839. The molecule has 1 atom stereocenters. The van der Waals surface area contributed by atoms with Crippen molar-refractivity contribution < 1.29 is 9.26 Å². The Morgan fingerprint density at radius 1 is 1.26 bits per heavy atom. The molecule has 118 valence electrons. The molecule has 4 heterocycles. The summed E-state index contributed by atoms with van der Waals surface area (Å²) in [5, 5.41) is 11.2. The molecule has 23 heavy (non-hydrogen) atoms. The van der Waals surface area contributed by atoms with Gasteiger partial charge in [-0.3, -0.25) is 10.1 Å². The van der Waals surface area contributed by atoms with Crippen LogP contribution in [0, 0.1) is 0 Å². The van der Waals surface area contributed by atoms with Gasteiger partial charge in [-0.15, -0.1) is 0 Å². The number of nitrogens with one attached hydrogen (secondary N) is 1. The molecule has 3 aromatic rings. The number of ether oxygens (including phenoxy) is 1. The number of nitrogens with zero attached hydrogens (tertiary/aromatic N) is 5. The van der Waals surface area contributed by atoms with Gasteiger partial charge in [-0.25, -0.2) is 4.98 Å². The molecule has 1 fully saturated rings. The van der Waals surface area contributed by atoms with E-state index >= 15 is 0 Å². The van der Waals surface area contributed by atoms with Crippen LogP contribution in [0.1, 0.15) is 29.9 Å². The van der Waals surface area contributed by atoms with Crippen LogP contribution in [0.4, 0.5) is 0 Å². The quantitative estimate of drug-likeness (QED) is 0.762. The van der Waals surface area contributed by atoms with E-state index in [4.69, 9.17) is 9.26 Å². The third-order valence-corrected chi connectivity index (χ3v) is 3.81. The van der Waals surface area contributed by atoms with E-state index in [-0.39, 0.29) is 0 Å². The summed E-state index contributed by atoms with van der Waals surface area (Å²) in [7, 11) is 0. The van der Waals surface area contributed by atoms with Crippen molar-refractivity contribution in [1.29, 1.82) is 0 Å². The standard InChI is InChI=1S/C15H16N6O2/c1-2-10(8-16-6-1)15-18-13(23-21-15)4-3-12-17-14(20-19-12)11-5-7-22-9-11/h1-2,6,8,11H,3-5,7,9H2,(H,17,19,20). The van der Waals surface area contributed by atoms with E-state index in [1.165, 1.54) is 0 Å². The number of hydrogen-bond donors (Lipinski definition) is 1. The maximum absolute atomic E-state index is 5.36. The number of hydrogen-bond acceptors (Lipinski definition) is 7. The first-order chi connectivity index (χ1) is 11.4. The normalized spacial score (nSPS) is 17.7. The van der Waals surface area contributed by atoms with Crippen LogP contribution in [0.15, 0.2) is 29.0 Å². The molecule has 0 spiro atoms. The maximum atomic E-state index is 5.36. The summed E-state index contributed by atoms with van der Waals surface area (Å²) in [6, 6.07) is 3.74. The van der Waals surface area contributed by atoms with Gasteiger partial charge in [0.2, 0.25) is 11.7 Å². The number of aromatic amines is 1. The molecule has 1 aliphatic rings. The Bertz CT molecular complexity index is 763. The molecule has 1 N–H and O–H groups in total. The Kier molecular flexibility index (Phi) is 3.81. The SMILES string of the molecule is c1cncc(-c2noc(CCc3nc(C4CCOC4)n[nH]3)n2)c1. The highest BCUT2D eigenvalue weighted by molar-refractivity contribution is 5.51. The van der Waals surface area contributed by atoms with Crippen LogP contribution < -0.4 is 0 Å². The Morgan fingerprint density at radius 3 is 3.09 bits per heavy atom. The summed E-state index contributed by atoms with van der Waals surface area (Å²) < 4.78 is 10.6. The van der Waals surface area contributed by atoms with Gasteiger partial charge >= 0.3 is 0 Å². The second-order valence-electron chi connectivity index (χ2n) is 5.45. The van der Waals surface area contributed by atoms with Crippen LogP contribution >= 0.6 is 0 Å². The van der Waals surface area contributed by atoms with Gasteiger partial charge in [0.1, 0.15) is 5.82 Å². The van der Waals surface area contributed by atoms with Crippen LogP contribution in [0.5, 0.6) is 0 Å². The van der Waals surface area contributed by atoms with Crippen molar-refractivity contribution >= 4 is 0 Å². The molecule has 0 amide bonds. The zero-order valence-corrected chi connectivity index (χ0v) is 12.5. The van der Waals surface area contributed by atoms with Crippen molar-refractivity contribution in [2.45, 2.75) is 25.2 Å². The van der Waals surface area contributed by atoms with Gasteiger partial charge in [0.25, 0.3) is 0 Å². The molecule has 0 bridgehead atoms. The fourth-order valence-corrected chi connectivity index (χ4v) is 2.54. The van der Waals surface area contributed by atoms with Gasteiger partial charge in [-0.1, -0.05) is 5.16 Å². The molecular weight excluding hydrogens is 296 g/mol. The average Bonchev–Trinajstić information content (AvgIpc) is 3.33. The van der Waals surface area contributed by atoms with Gasteiger partial charge in [-0.05, 0) is 18.6 Å². The molecular formula is C15H16N6O2. The van der Waals surface area contributed by atoms with Gasteiger partial charge in [0, 0.05) is 43.3 Å². The summed E-state index contributed by atoms with van der Waals surface area (Å²) in [5.74, 6) is 3.09. The van der Waals surface area contributed by atoms with Crippen molar-refractivity contribution in [2.75, 3.05) is 13.2 Å². The Balaban J connectivity index is 1.39. The molecule has 0 saturated carbocycles. The van der Waals surface area contributed by atoms with E-state index in [0.29, 0.717) is 37.1 Å². The number of aromatic nitrogens is 6. The molecule has 8 heteroatoms. The van der Waals surface area contributed by atoms with Crippen molar-refractivity contribution in [3.63, 3.8) is 0 Å². The number of pyridine rings is 1. The molecule has 0 radical (unpaired) electrons. The molecule has 4 rings (SSSR count). The van der Waals surface area contributed by atoms with E-state index in [1.807, 2.05) is 12.1 Å². The minimum atomic E-state index is 0.306. The monoisotopic (exact) mass is 312 g/mol. The summed E-state index contributed by atoms with van der Waals surface area (Å²) in [4.78, 5) is 13.0. The molecule has 1 unspecified atom stereocenters. The third kappa shape index (κ3) is 3.11. The fourth-order valence-electron chi connectivity index (χ4n) is 2.54. The topological polar surface area (TPSA) is 103 Å². The van der Waals surface area contributed by atoms with Crippen molar-refractivity contribution in [2.24, 2.45) is 0 Å². The van der Waals surface area contributed by atoms with Crippen LogP contribution in [-0.4, -0.2) is 43.5 Å². The molecule has 1 aliphatic heterocycles. The second-order valence-corrected chi connectivity index (χ2v) is 5.45. The van der Waals surface area contributed by atoms with Crippen LogP contribution in [0.25, 0.3) is 11.4 Å². The summed E-state index contributed by atoms with van der Waals surface area (Å²) in [6.45, 7) is 1.49. The Morgan fingerprint density at radius 2 is 2.26 bits per heavy atom. The summed E-state index contributed by atoms with van der Waals surface area (Å²) in [6.07, 6.45) is 5.69. The smallest absolute Gasteiger partial charge is 0.227 e. The number of aryl methyl sites for hydroxylation is 2. The minimum absolute atomic E-state index is 0.306. The first-order valence-corrected chi connectivity index (χ1v) is 7.60. The van der Waals surface area contributed by atoms with Crippen molar-refractivity contribution in [3.05, 3.63) is 42.1 Å². The van der Waals surface area contributed by atoms with Crippen molar-refractivity contribution in [3.8, 4) is 11.4 Å². The van der Waals surface area contributed by atoms with Crippen LogP contribution in [-0.2, 0) is 17.6 Å². The molecule has 0 aliphatic carbocycles. The van der Waals surface area contributed by atoms with Gasteiger partial charge < -0.3 is 9.26 Å². The van der Waals surface area contributed by atoms with E-state index in [2.05, 4.69) is 30.3 Å². The number of H-pyrrole nitrogens is 1. The average molecular weight is 312 g/mol. The van der Waals surface area contributed by atoms with Crippen molar-refractivity contribution in [1.82, 2.24) is 30.3 Å². The third-order valence-electron chi connectivity index (χ3n) is 3.81. The predicted octanol–water partition coefficient (Wildman–Crippen LogP) is 1.54. The Labute approximate surface area is 132 Å². The van der Waals surface area contributed by atoms with Crippen LogP contribution in [0.2, 0.25) is 0 Å². The highest BCUT2D eigenvalue weighted by Gasteiger charge is 2.22. The van der Waals surface area contributed by atoms with Gasteiger partial charge in [0.05, 0.1) is 6.61 Å². The maximum Gasteiger partial charge on any atom is 0.227 e. The zero-order chi connectivity index (χ0) is 15.5. The lowest BCUT2D eigenvalue weighted by molar-refractivity contribution is 0.193. The first kappa shape index (κ1) is 14.0. The lowest BCUT2D eigenvalue weighted by atomic mass is 10.1. The van der Waals surface area contributed by atoms with E-state index in [0.717, 1.165) is 30.2 Å². The second kappa shape index (κ2) is 6.25. The predicted molar refractivity (Wildman–Crippen MR) is 79.5 cm³/mol. The highest BCUT2D eigenvalue weighted by atomic mass is 16.5. The minimum Gasteiger partial charge on any atom is -0.381 e. The Hall–Kier alpha value is -2.61. The lowest BCUT2D eigenvalue weighted by Gasteiger charge is -1.98. The summed E-state index contributed by atoms with van der Waals surface area (Å²) >= 11 is 0. The fraction of sp³-hybridized carbons (Fsp3) is 0.400. The lowest BCUT2D eigenvalue weighted by Crippen LogP contribution is -2.00. The molecule has 0 aromatic carbocycles. The zero-order valence-electron chi connectivity index (χ0n) is 12.5. The van der Waals surface area contributed by atoms with Gasteiger partial charge in [-0.2, -0.15) is 10.1 Å². The molecule has 8 nitrogen and oxygen atoms in total. The molecule has 1 saturated heterocycles. The van der Waals surface area contributed by atoms with Crippen LogP contribution in [0.3, 0.4) is 0 Å². The van der Waals surface area contributed by atoms with Gasteiger partial charge in [0.15, 0.2) is 5.82 Å². The van der Waals surface area contributed by atoms with E-state index in [9.17, 15) is 0 Å². The van der Waals surface area contributed by atoms with E-state index < -0.39 is 0 Å². The van der Waals surface area contributed by atoms with E-state index in [1.54, 1.807) is 12.4 Å². The largest absolute Gasteiger partial charge is 0.381 e. The molecule has 3 aromatic heterocycles. The highest BCUT2D eigenvalue weighted by Crippen LogP contribution is 2.22. The first-order valence-electron chi connectivity index (χ1n) is 7.60. The number of rotatable bonds is 5.